The fraction of sp³-hybridized carbons (Fsp3) is 1.00. The van der Waals surface area contributed by atoms with Gasteiger partial charge in [0.05, 0.1) is 13.2 Å². The molecule has 4 heteroatoms. The maximum Gasteiger partial charge on any atom is 0.178 e. The lowest BCUT2D eigenvalue weighted by molar-refractivity contribution is -0.135. The van der Waals surface area contributed by atoms with Crippen LogP contribution in [0.25, 0.3) is 0 Å². The van der Waals surface area contributed by atoms with E-state index in [9.17, 15) is 5.11 Å². The highest BCUT2D eigenvalue weighted by Crippen LogP contribution is 2.05. The van der Waals surface area contributed by atoms with Crippen LogP contribution >= 0.6 is 0 Å². The molecule has 0 radical (unpaired) electrons. The molecule has 0 aromatic rings. The zero-order valence-corrected chi connectivity index (χ0v) is 8.95. The van der Waals surface area contributed by atoms with Crippen molar-refractivity contribution in [3.8, 4) is 0 Å². The molecule has 1 aliphatic rings. The minimum Gasteiger partial charge on any atom is -0.375 e. The third-order valence-corrected chi connectivity index (χ3v) is 2.37. The summed E-state index contributed by atoms with van der Waals surface area (Å²) in [6.45, 7) is 6.70. The van der Waals surface area contributed by atoms with Crippen LogP contribution in [0, 0.1) is 0 Å². The van der Waals surface area contributed by atoms with E-state index in [-0.39, 0.29) is 6.61 Å². The van der Waals surface area contributed by atoms with E-state index in [1.807, 2.05) is 6.92 Å². The summed E-state index contributed by atoms with van der Waals surface area (Å²) >= 11 is 0. The van der Waals surface area contributed by atoms with Crippen molar-refractivity contribution >= 4 is 0 Å². The fourth-order valence-electron chi connectivity index (χ4n) is 1.62. The maximum atomic E-state index is 9.18. The molecular weight excluding hydrogens is 182 g/mol. The molecule has 84 valence electrons. The van der Waals surface area contributed by atoms with Gasteiger partial charge in [0, 0.05) is 13.2 Å². The molecule has 1 N–H and O–H groups in total. The number of rotatable bonds is 7. The van der Waals surface area contributed by atoms with E-state index in [0.29, 0.717) is 13.2 Å². The van der Waals surface area contributed by atoms with Gasteiger partial charge in [-0.3, -0.25) is 0 Å². The highest BCUT2D eigenvalue weighted by Gasteiger charge is 2.10. The Bertz CT molecular complexity index is 137. The Morgan fingerprint density at radius 2 is 2.07 bits per heavy atom. The van der Waals surface area contributed by atoms with Crippen LogP contribution in [0.5, 0.6) is 0 Å². The monoisotopic (exact) mass is 203 g/mol. The number of ether oxygens (including phenoxy) is 2. The third kappa shape index (κ3) is 4.91. The van der Waals surface area contributed by atoms with Gasteiger partial charge in [0.15, 0.2) is 6.29 Å². The Morgan fingerprint density at radius 3 is 2.71 bits per heavy atom. The summed E-state index contributed by atoms with van der Waals surface area (Å²) in [6.07, 6.45) is 1.85. The average Bonchev–Trinajstić information content (AvgIpc) is 2.65. The lowest BCUT2D eigenvalue weighted by Gasteiger charge is -2.15. The summed E-state index contributed by atoms with van der Waals surface area (Å²) in [5, 5.41) is 9.18. The first-order valence-corrected chi connectivity index (χ1v) is 5.42. The van der Waals surface area contributed by atoms with Crippen LogP contribution in [0.4, 0.5) is 0 Å². The van der Waals surface area contributed by atoms with Gasteiger partial charge in [-0.25, -0.2) is 0 Å². The van der Waals surface area contributed by atoms with Gasteiger partial charge in [0.2, 0.25) is 0 Å². The molecule has 1 saturated heterocycles. The van der Waals surface area contributed by atoms with E-state index < -0.39 is 6.29 Å². The normalized spacial score (nSPS) is 20.1. The molecule has 0 aromatic heterocycles. The highest BCUT2D eigenvalue weighted by molar-refractivity contribution is 4.65. The molecule has 4 nitrogen and oxygen atoms in total. The number of likely N-dealkylation sites (tertiary alicyclic amines) is 1. The second-order valence-corrected chi connectivity index (χ2v) is 3.53. The zero-order valence-electron chi connectivity index (χ0n) is 8.95. The van der Waals surface area contributed by atoms with Crippen molar-refractivity contribution < 1.29 is 14.6 Å². The minimum absolute atomic E-state index is 0.279. The van der Waals surface area contributed by atoms with Gasteiger partial charge in [0.1, 0.15) is 0 Å². The van der Waals surface area contributed by atoms with Crippen molar-refractivity contribution in [2.24, 2.45) is 0 Å². The van der Waals surface area contributed by atoms with Crippen LogP contribution in [0.2, 0.25) is 0 Å². The summed E-state index contributed by atoms with van der Waals surface area (Å²) in [5.41, 5.74) is 0. The van der Waals surface area contributed by atoms with Crippen molar-refractivity contribution in [1.29, 1.82) is 0 Å². The lowest BCUT2D eigenvalue weighted by Crippen LogP contribution is -2.26. The molecule has 1 heterocycles. The molecular formula is C10H21NO3. The minimum atomic E-state index is -0.765. The topological polar surface area (TPSA) is 41.9 Å². The van der Waals surface area contributed by atoms with E-state index in [2.05, 4.69) is 4.90 Å². The van der Waals surface area contributed by atoms with Gasteiger partial charge in [-0.1, -0.05) is 0 Å². The molecule has 0 amide bonds. The molecule has 1 aliphatic heterocycles. The highest BCUT2D eigenvalue weighted by atomic mass is 16.6. The summed E-state index contributed by atoms with van der Waals surface area (Å²) in [7, 11) is 0. The van der Waals surface area contributed by atoms with E-state index in [0.717, 1.165) is 6.54 Å². The standard InChI is InChI=1S/C10H21NO3/c1-2-14-10(12)9-13-8-7-11-5-3-4-6-11/h10,12H,2-9H2,1H3. The first-order valence-electron chi connectivity index (χ1n) is 5.42. The molecule has 1 rings (SSSR count). The number of nitrogens with zero attached hydrogens (tertiary/aromatic N) is 1. The molecule has 1 atom stereocenters. The predicted molar refractivity (Wildman–Crippen MR) is 54.1 cm³/mol. The number of hydrogen-bond acceptors (Lipinski definition) is 4. The lowest BCUT2D eigenvalue weighted by atomic mass is 10.4. The maximum absolute atomic E-state index is 9.18. The van der Waals surface area contributed by atoms with Gasteiger partial charge in [-0.05, 0) is 32.9 Å². The molecule has 0 aromatic carbocycles. The van der Waals surface area contributed by atoms with Crippen LogP contribution in [0.3, 0.4) is 0 Å². The number of hydrogen-bond donors (Lipinski definition) is 1. The van der Waals surface area contributed by atoms with E-state index >= 15 is 0 Å². The molecule has 14 heavy (non-hydrogen) atoms. The Morgan fingerprint density at radius 1 is 1.36 bits per heavy atom. The second kappa shape index (κ2) is 7.17. The molecule has 1 fully saturated rings. The smallest absolute Gasteiger partial charge is 0.178 e. The van der Waals surface area contributed by atoms with Crippen molar-refractivity contribution in [2.75, 3.05) is 39.5 Å². The van der Waals surface area contributed by atoms with E-state index in [4.69, 9.17) is 9.47 Å². The Balaban J connectivity index is 1.88. The third-order valence-electron chi connectivity index (χ3n) is 2.37. The van der Waals surface area contributed by atoms with Gasteiger partial charge >= 0.3 is 0 Å². The van der Waals surface area contributed by atoms with Crippen LogP contribution in [-0.4, -0.2) is 55.8 Å². The van der Waals surface area contributed by atoms with Crippen molar-refractivity contribution in [3.63, 3.8) is 0 Å². The first-order chi connectivity index (χ1) is 6.83. The largest absolute Gasteiger partial charge is 0.375 e. The van der Waals surface area contributed by atoms with Crippen molar-refractivity contribution in [3.05, 3.63) is 0 Å². The van der Waals surface area contributed by atoms with Gasteiger partial charge in [-0.2, -0.15) is 0 Å². The molecule has 0 aliphatic carbocycles. The summed E-state index contributed by atoms with van der Waals surface area (Å²) in [6, 6.07) is 0. The van der Waals surface area contributed by atoms with Crippen molar-refractivity contribution in [2.45, 2.75) is 26.1 Å². The Kier molecular flexibility index (Phi) is 6.10. The zero-order chi connectivity index (χ0) is 10.2. The average molecular weight is 203 g/mol. The summed E-state index contributed by atoms with van der Waals surface area (Å²) < 4.78 is 10.2. The van der Waals surface area contributed by atoms with Crippen molar-refractivity contribution in [1.82, 2.24) is 4.90 Å². The summed E-state index contributed by atoms with van der Waals surface area (Å²) in [5.74, 6) is 0. The van der Waals surface area contributed by atoms with Gasteiger partial charge < -0.3 is 19.5 Å². The Labute approximate surface area is 85.8 Å². The van der Waals surface area contributed by atoms with E-state index in [1.54, 1.807) is 0 Å². The predicted octanol–water partition coefficient (Wildman–Crippen LogP) is 0.454. The van der Waals surface area contributed by atoms with Crippen LogP contribution in [0.15, 0.2) is 0 Å². The van der Waals surface area contributed by atoms with Gasteiger partial charge in [-0.15, -0.1) is 0 Å². The van der Waals surface area contributed by atoms with Crippen LogP contribution in [0.1, 0.15) is 19.8 Å². The molecule has 0 spiro atoms. The number of aliphatic hydroxyl groups is 1. The molecule has 0 saturated carbocycles. The first kappa shape index (κ1) is 11.9. The Hall–Kier alpha value is -0.160. The van der Waals surface area contributed by atoms with Crippen LogP contribution < -0.4 is 0 Å². The number of aliphatic hydroxyl groups excluding tert-OH is 1. The van der Waals surface area contributed by atoms with E-state index in [1.165, 1.54) is 25.9 Å². The molecule has 1 unspecified atom stereocenters. The van der Waals surface area contributed by atoms with Gasteiger partial charge in [0.25, 0.3) is 0 Å². The molecule has 0 bridgehead atoms. The van der Waals surface area contributed by atoms with Crippen LogP contribution in [-0.2, 0) is 9.47 Å². The fourth-order valence-corrected chi connectivity index (χ4v) is 1.62. The SMILES string of the molecule is CCOC(O)COCCN1CCCC1. The second-order valence-electron chi connectivity index (χ2n) is 3.53. The quantitative estimate of drug-likeness (QED) is 0.482. The summed E-state index contributed by atoms with van der Waals surface area (Å²) in [4.78, 5) is 2.38.